The van der Waals surface area contributed by atoms with Crippen LogP contribution in [0.5, 0.6) is 0 Å². The van der Waals surface area contributed by atoms with Gasteiger partial charge in [-0.15, -0.1) is 0 Å². The molecule has 0 radical (unpaired) electrons. The van der Waals surface area contributed by atoms with Crippen molar-refractivity contribution in [3.05, 3.63) is 63.7 Å². The molecule has 2 aromatic rings. The van der Waals surface area contributed by atoms with Crippen LogP contribution in [0.3, 0.4) is 0 Å². The topological polar surface area (TPSA) is 12.0 Å². The number of rotatable bonds is 3. The van der Waals surface area contributed by atoms with E-state index in [9.17, 15) is 0 Å². The van der Waals surface area contributed by atoms with Crippen molar-refractivity contribution in [2.24, 2.45) is 0 Å². The van der Waals surface area contributed by atoms with Gasteiger partial charge in [0.1, 0.15) is 0 Å². The predicted octanol–water partition coefficient (Wildman–Crippen LogP) is 4.84. The molecule has 0 heterocycles. The maximum Gasteiger partial charge on any atom is 0.0406 e. The molecule has 0 amide bonds. The van der Waals surface area contributed by atoms with Crippen molar-refractivity contribution in [3.63, 3.8) is 0 Å². The van der Waals surface area contributed by atoms with Gasteiger partial charge in [0.25, 0.3) is 0 Å². The first-order valence-electron chi connectivity index (χ1n) is 6.86. The zero-order valence-corrected chi connectivity index (χ0v) is 12.6. The molecule has 0 spiro atoms. The fourth-order valence-corrected chi connectivity index (χ4v) is 2.51. The van der Waals surface area contributed by atoms with Crippen LogP contribution in [0, 0.1) is 34.6 Å². The number of benzene rings is 2. The molecule has 0 aliphatic carbocycles. The molecule has 2 aromatic carbocycles. The van der Waals surface area contributed by atoms with E-state index in [4.69, 9.17) is 0 Å². The third kappa shape index (κ3) is 2.98. The summed E-state index contributed by atoms with van der Waals surface area (Å²) in [5, 5.41) is 3.54. The highest BCUT2D eigenvalue weighted by Gasteiger charge is 2.08. The molecule has 2 rings (SSSR count). The first-order chi connectivity index (χ1) is 8.99. The van der Waals surface area contributed by atoms with Crippen molar-refractivity contribution < 1.29 is 0 Å². The van der Waals surface area contributed by atoms with Crippen LogP contribution in [0.2, 0.25) is 0 Å². The number of nitrogens with one attached hydrogen (secondary N) is 1. The Hall–Kier alpha value is -1.76. The highest BCUT2D eigenvalue weighted by molar-refractivity contribution is 5.49. The van der Waals surface area contributed by atoms with Crippen LogP contribution in [0.25, 0.3) is 0 Å². The van der Waals surface area contributed by atoms with E-state index in [2.05, 4.69) is 70.3 Å². The molecule has 19 heavy (non-hydrogen) atoms. The van der Waals surface area contributed by atoms with E-state index in [1.807, 2.05) is 0 Å². The normalized spacial score (nSPS) is 10.6. The number of aryl methyl sites for hydroxylation is 3. The zero-order valence-electron chi connectivity index (χ0n) is 12.6. The Kier molecular flexibility index (Phi) is 3.94. The molecule has 0 unspecified atom stereocenters. The number of hydrogen-bond donors (Lipinski definition) is 1. The first kappa shape index (κ1) is 13.7. The monoisotopic (exact) mass is 253 g/mol. The SMILES string of the molecule is Cc1cccc(NCc2c(C)c(C)cc(C)c2C)c1. The summed E-state index contributed by atoms with van der Waals surface area (Å²) in [6.45, 7) is 11.8. The van der Waals surface area contributed by atoms with Crippen LogP contribution in [-0.2, 0) is 6.54 Å². The second-order valence-corrected chi connectivity index (χ2v) is 5.46. The summed E-state index contributed by atoms with van der Waals surface area (Å²) >= 11 is 0. The van der Waals surface area contributed by atoms with E-state index in [1.54, 1.807) is 0 Å². The lowest BCUT2D eigenvalue weighted by molar-refractivity contribution is 1.06. The summed E-state index contributed by atoms with van der Waals surface area (Å²) < 4.78 is 0. The summed E-state index contributed by atoms with van der Waals surface area (Å²) in [7, 11) is 0. The van der Waals surface area contributed by atoms with Gasteiger partial charge in [0.2, 0.25) is 0 Å². The Morgan fingerprint density at radius 3 is 2.05 bits per heavy atom. The van der Waals surface area contributed by atoms with Crippen molar-refractivity contribution >= 4 is 5.69 Å². The predicted molar refractivity (Wildman–Crippen MR) is 83.9 cm³/mol. The molecular weight excluding hydrogens is 230 g/mol. The molecule has 0 saturated carbocycles. The quantitative estimate of drug-likeness (QED) is 0.825. The maximum atomic E-state index is 3.54. The molecule has 1 heteroatoms. The Balaban J connectivity index is 2.25. The Labute approximate surface area is 116 Å². The van der Waals surface area contributed by atoms with Gasteiger partial charge in [-0.2, -0.15) is 0 Å². The van der Waals surface area contributed by atoms with Gasteiger partial charge in [0, 0.05) is 12.2 Å². The number of hydrogen-bond acceptors (Lipinski definition) is 1. The summed E-state index contributed by atoms with van der Waals surface area (Å²) in [5.41, 5.74) is 9.48. The molecule has 0 aromatic heterocycles. The van der Waals surface area contributed by atoms with Gasteiger partial charge >= 0.3 is 0 Å². The van der Waals surface area contributed by atoms with E-state index in [0.29, 0.717) is 0 Å². The van der Waals surface area contributed by atoms with Gasteiger partial charge in [0.05, 0.1) is 0 Å². The minimum absolute atomic E-state index is 0.892. The summed E-state index contributed by atoms with van der Waals surface area (Å²) in [4.78, 5) is 0. The average Bonchev–Trinajstić information content (AvgIpc) is 2.36. The molecule has 0 aliphatic rings. The Morgan fingerprint density at radius 1 is 0.842 bits per heavy atom. The Morgan fingerprint density at radius 2 is 1.47 bits per heavy atom. The Bertz CT molecular complexity index is 571. The van der Waals surface area contributed by atoms with Crippen LogP contribution in [0.1, 0.15) is 33.4 Å². The van der Waals surface area contributed by atoms with Gasteiger partial charge in [-0.3, -0.25) is 0 Å². The third-order valence-corrected chi connectivity index (χ3v) is 4.01. The molecule has 100 valence electrons. The van der Waals surface area contributed by atoms with E-state index in [0.717, 1.165) is 6.54 Å². The van der Waals surface area contributed by atoms with Gasteiger partial charge < -0.3 is 5.32 Å². The van der Waals surface area contributed by atoms with Crippen LogP contribution in [0.4, 0.5) is 5.69 Å². The molecule has 0 bridgehead atoms. The molecule has 0 atom stereocenters. The lowest BCUT2D eigenvalue weighted by atomic mass is 9.94. The van der Waals surface area contributed by atoms with E-state index in [-0.39, 0.29) is 0 Å². The minimum Gasteiger partial charge on any atom is -0.381 e. The van der Waals surface area contributed by atoms with Crippen LogP contribution in [-0.4, -0.2) is 0 Å². The summed E-state index contributed by atoms with van der Waals surface area (Å²) in [6, 6.07) is 10.8. The van der Waals surface area contributed by atoms with Gasteiger partial charge in [0.15, 0.2) is 0 Å². The number of anilines is 1. The third-order valence-electron chi connectivity index (χ3n) is 4.01. The fraction of sp³-hybridized carbons (Fsp3) is 0.333. The second kappa shape index (κ2) is 5.48. The van der Waals surface area contributed by atoms with Crippen molar-refractivity contribution in [1.29, 1.82) is 0 Å². The van der Waals surface area contributed by atoms with Gasteiger partial charge in [-0.05, 0) is 80.1 Å². The zero-order chi connectivity index (χ0) is 14.0. The van der Waals surface area contributed by atoms with Crippen LogP contribution >= 0.6 is 0 Å². The second-order valence-electron chi connectivity index (χ2n) is 5.46. The fourth-order valence-electron chi connectivity index (χ4n) is 2.51. The molecule has 1 nitrogen and oxygen atoms in total. The van der Waals surface area contributed by atoms with Crippen molar-refractivity contribution in [3.8, 4) is 0 Å². The highest BCUT2D eigenvalue weighted by Crippen LogP contribution is 2.22. The van der Waals surface area contributed by atoms with Gasteiger partial charge in [-0.1, -0.05) is 18.2 Å². The minimum atomic E-state index is 0.892. The van der Waals surface area contributed by atoms with Crippen LogP contribution < -0.4 is 5.32 Å². The van der Waals surface area contributed by atoms with Crippen molar-refractivity contribution in [2.45, 2.75) is 41.2 Å². The molecule has 0 fully saturated rings. The van der Waals surface area contributed by atoms with Crippen LogP contribution in [0.15, 0.2) is 30.3 Å². The largest absolute Gasteiger partial charge is 0.381 e. The smallest absolute Gasteiger partial charge is 0.0406 e. The van der Waals surface area contributed by atoms with E-state index >= 15 is 0 Å². The standard InChI is InChI=1S/C18H23N/c1-12-7-6-8-17(9-12)19-11-18-15(4)13(2)10-14(3)16(18)5/h6-10,19H,11H2,1-5H3. The molecule has 1 N–H and O–H groups in total. The van der Waals surface area contributed by atoms with Crippen molar-refractivity contribution in [2.75, 3.05) is 5.32 Å². The van der Waals surface area contributed by atoms with E-state index in [1.165, 1.54) is 39.1 Å². The lowest BCUT2D eigenvalue weighted by Crippen LogP contribution is -2.06. The summed E-state index contributed by atoms with van der Waals surface area (Å²) in [5.74, 6) is 0. The molecule has 0 saturated heterocycles. The molecule has 0 aliphatic heterocycles. The van der Waals surface area contributed by atoms with Gasteiger partial charge in [-0.25, -0.2) is 0 Å². The average molecular weight is 253 g/mol. The lowest BCUT2D eigenvalue weighted by Gasteiger charge is -2.16. The maximum absolute atomic E-state index is 3.54. The molecular formula is C18H23N. The summed E-state index contributed by atoms with van der Waals surface area (Å²) in [6.07, 6.45) is 0. The van der Waals surface area contributed by atoms with E-state index < -0.39 is 0 Å². The van der Waals surface area contributed by atoms with Crippen molar-refractivity contribution in [1.82, 2.24) is 0 Å². The first-order valence-corrected chi connectivity index (χ1v) is 6.86. The highest BCUT2D eigenvalue weighted by atomic mass is 14.9.